The Hall–Kier alpha value is -0.130. The molecule has 1 heterocycles. The summed E-state index contributed by atoms with van der Waals surface area (Å²) in [6, 6.07) is 0.290. The minimum Gasteiger partial charge on any atom is -0.327 e. The molecule has 0 aromatic carbocycles. The number of nitrogens with zero attached hydrogens (tertiary/aromatic N) is 1. The maximum Gasteiger partial charge on any atom is 0.153 e. The van der Waals surface area contributed by atoms with Gasteiger partial charge in [-0.15, -0.1) is 0 Å². The van der Waals surface area contributed by atoms with Crippen molar-refractivity contribution in [2.75, 3.05) is 25.4 Å². The summed E-state index contributed by atoms with van der Waals surface area (Å²) in [5.74, 6) is 0.793. The van der Waals surface area contributed by atoms with E-state index in [1.165, 1.54) is 0 Å². The lowest BCUT2D eigenvalue weighted by molar-refractivity contribution is 0.159. The van der Waals surface area contributed by atoms with Crippen LogP contribution in [0.4, 0.5) is 0 Å². The molecule has 1 saturated heterocycles. The van der Waals surface area contributed by atoms with Crippen LogP contribution >= 0.6 is 0 Å². The summed E-state index contributed by atoms with van der Waals surface area (Å²) in [5.41, 5.74) is 6.04. The summed E-state index contributed by atoms with van der Waals surface area (Å²) in [5, 5.41) is -0.267. The van der Waals surface area contributed by atoms with Gasteiger partial charge >= 0.3 is 0 Å². The van der Waals surface area contributed by atoms with Crippen molar-refractivity contribution in [1.29, 1.82) is 0 Å². The molecule has 0 aromatic heterocycles. The van der Waals surface area contributed by atoms with Crippen molar-refractivity contribution in [1.82, 2.24) is 4.90 Å². The van der Waals surface area contributed by atoms with Crippen LogP contribution in [0.1, 0.15) is 33.6 Å². The Labute approximate surface area is 105 Å². The first-order chi connectivity index (χ1) is 7.86. The van der Waals surface area contributed by atoms with Crippen LogP contribution in [0.5, 0.6) is 0 Å². The van der Waals surface area contributed by atoms with Crippen molar-refractivity contribution in [3.63, 3.8) is 0 Å². The normalized spacial score (nSPS) is 27.6. The van der Waals surface area contributed by atoms with Crippen LogP contribution in [-0.2, 0) is 9.84 Å². The molecule has 4 nitrogen and oxygen atoms in total. The van der Waals surface area contributed by atoms with Crippen LogP contribution < -0.4 is 5.73 Å². The van der Waals surface area contributed by atoms with E-state index in [2.05, 4.69) is 11.8 Å². The average molecular weight is 262 g/mol. The van der Waals surface area contributed by atoms with Gasteiger partial charge in [0.1, 0.15) is 0 Å². The van der Waals surface area contributed by atoms with Crippen LogP contribution in [0.2, 0.25) is 0 Å². The number of hydrogen-bond donors (Lipinski definition) is 1. The predicted molar refractivity (Wildman–Crippen MR) is 71.7 cm³/mol. The highest BCUT2D eigenvalue weighted by molar-refractivity contribution is 7.92. The Morgan fingerprint density at radius 1 is 1.41 bits per heavy atom. The van der Waals surface area contributed by atoms with Crippen molar-refractivity contribution in [3.05, 3.63) is 0 Å². The van der Waals surface area contributed by atoms with Crippen LogP contribution in [-0.4, -0.2) is 50.0 Å². The van der Waals surface area contributed by atoms with E-state index in [-0.39, 0.29) is 17.0 Å². The van der Waals surface area contributed by atoms with Crippen molar-refractivity contribution in [2.24, 2.45) is 11.7 Å². The zero-order valence-corrected chi connectivity index (χ0v) is 12.0. The lowest BCUT2D eigenvalue weighted by Gasteiger charge is -2.36. The zero-order valence-electron chi connectivity index (χ0n) is 11.2. The van der Waals surface area contributed by atoms with E-state index < -0.39 is 9.84 Å². The topological polar surface area (TPSA) is 63.4 Å². The molecule has 17 heavy (non-hydrogen) atoms. The largest absolute Gasteiger partial charge is 0.327 e. The Kier molecular flexibility index (Phi) is 5.41. The van der Waals surface area contributed by atoms with Gasteiger partial charge in [-0.2, -0.15) is 0 Å². The molecule has 2 N–H and O–H groups in total. The fraction of sp³-hybridized carbons (Fsp3) is 1.00. The van der Waals surface area contributed by atoms with Crippen LogP contribution in [0.15, 0.2) is 0 Å². The molecule has 0 aliphatic carbocycles. The van der Waals surface area contributed by atoms with Crippen molar-refractivity contribution in [2.45, 2.75) is 44.9 Å². The predicted octanol–water partition coefficient (Wildman–Crippen LogP) is 0.869. The van der Waals surface area contributed by atoms with Gasteiger partial charge in [0.05, 0.1) is 11.0 Å². The third kappa shape index (κ3) is 4.23. The summed E-state index contributed by atoms with van der Waals surface area (Å²) in [6.07, 6.45) is 2.06. The minimum atomic E-state index is -2.91. The molecule has 0 aromatic rings. The molecule has 1 aliphatic rings. The van der Waals surface area contributed by atoms with E-state index in [4.69, 9.17) is 5.73 Å². The molecule has 0 saturated carbocycles. The van der Waals surface area contributed by atoms with E-state index in [1.54, 1.807) is 13.8 Å². The molecule has 2 atom stereocenters. The van der Waals surface area contributed by atoms with Gasteiger partial charge in [-0.25, -0.2) is 8.42 Å². The monoisotopic (exact) mass is 262 g/mol. The van der Waals surface area contributed by atoms with Gasteiger partial charge in [-0.3, -0.25) is 0 Å². The second-order valence-electron chi connectivity index (χ2n) is 5.34. The highest BCUT2D eigenvalue weighted by Gasteiger charge is 2.26. The fourth-order valence-corrected chi connectivity index (χ4v) is 3.24. The Morgan fingerprint density at radius 2 is 2.06 bits per heavy atom. The quantitative estimate of drug-likeness (QED) is 0.798. The first-order valence-electron chi connectivity index (χ1n) is 6.56. The fourth-order valence-electron chi connectivity index (χ4n) is 2.25. The Bertz CT molecular complexity index is 327. The van der Waals surface area contributed by atoms with Gasteiger partial charge in [0.2, 0.25) is 0 Å². The maximum absolute atomic E-state index is 11.7. The molecule has 1 aliphatic heterocycles. The molecule has 0 amide bonds. The first-order valence-corrected chi connectivity index (χ1v) is 8.28. The maximum atomic E-state index is 11.7. The molecule has 1 fully saturated rings. The first kappa shape index (κ1) is 14.9. The second kappa shape index (κ2) is 6.16. The summed E-state index contributed by atoms with van der Waals surface area (Å²) >= 11 is 0. The number of nitrogens with two attached hydrogens (primary N) is 1. The van der Waals surface area contributed by atoms with E-state index in [9.17, 15) is 8.42 Å². The van der Waals surface area contributed by atoms with Gasteiger partial charge in [-0.05, 0) is 32.7 Å². The number of likely N-dealkylation sites (tertiary alicyclic amines) is 1. The van der Waals surface area contributed by atoms with Crippen molar-refractivity contribution in [3.8, 4) is 0 Å². The molecular weight excluding hydrogens is 236 g/mol. The van der Waals surface area contributed by atoms with Crippen LogP contribution in [0.25, 0.3) is 0 Å². The van der Waals surface area contributed by atoms with Crippen molar-refractivity contribution >= 4 is 9.84 Å². The van der Waals surface area contributed by atoms with Gasteiger partial charge < -0.3 is 10.6 Å². The summed E-state index contributed by atoms with van der Waals surface area (Å²) in [4.78, 5) is 2.25. The van der Waals surface area contributed by atoms with E-state index in [0.29, 0.717) is 12.5 Å². The summed E-state index contributed by atoms with van der Waals surface area (Å²) in [7, 11) is -2.91. The van der Waals surface area contributed by atoms with Gasteiger partial charge in [0, 0.05) is 19.1 Å². The molecule has 0 bridgehead atoms. The number of rotatable bonds is 5. The van der Waals surface area contributed by atoms with Crippen LogP contribution in [0, 0.1) is 5.92 Å². The molecule has 5 heteroatoms. The molecule has 102 valence electrons. The van der Waals surface area contributed by atoms with E-state index >= 15 is 0 Å². The third-order valence-corrected chi connectivity index (χ3v) is 6.00. The summed E-state index contributed by atoms with van der Waals surface area (Å²) < 4.78 is 23.5. The highest BCUT2D eigenvalue weighted by Crippen LogP contribution is 2.18. The SMILES string of the molecule is CCC1CN(CCS(=O)(=O)C(C)C)CCC1N. The standard InChI is InChI=1S/C12H26N2O2S/c1-4-11-9-14(6-5-12(11)13)7-8-17(15,16)10(2)3/h10-12H,4-9,13H2,1-3H3. The highest BCUT2D eigenvalue weighted by atomic mass is 32.2. The zero-order chi connectivity index (χ0) is 13.1. The summed E-state index contributed by atoms with van der Waals surface area (Å²) in [6.45, 7) is 8.19. The average Bonchev–Trinajstić information content (AvgIpc) is 2.28. The van der Waals surface area contributed by atoms with E-state index in [0.717, 1.165) is 25.9 Å². The molecule has 0 spiro atoms. The van der Waals surface area contributed by atoms with Crippen LogP contribution in [0.3, 0.4) is 0 Å². The van der Waals surface area contributed by atoms with E-state index in [1.807, 2.05) is 0 Å². The molecule has 2 unspecified atom stereocenters. The van der Waals surface area contributed by atoms with Gasteiger partial charge in [0.15, 0.2) is 9.84 Å². The number of sulfone groups is 1. The number of hydrogen-bond acceptors (Lipinski definition) is 4. The number of piperidine rings is 1. The smallest absolute Gasteiger partial charge is 0.153 e. The Morgan fingerprint density at radius 3 is 2.59 bits per heavy atom. The lowest BCUT2D eigenvalue weighted by Crippen LogP contribution is -2.48. The van der Waals surface area contributed by atoms with Crippen molar-refractivity contribution < 1.29 is 8.42 Å². The molecule has 1 rings (SSSR count). The molecular formula is C12H26N2O2S. The Balaban J connectivity index is 2.44. The third-order valence-electron chi connectivity index (χ3n) is 3.81. The molecule has 0 radical (unpaired) electrons. The second-order valence-corrected chi connectivity index (χ2v) is 8.01. The lowest BCUT2D eigenvalue weighted by atomic mass is 9.91. The minimum absolute atomic E-state index is 0.267. The van der Waals surface area contributed by atoms with Gasteiger partial charge in [-0.1, -0.05) is 13.3 Å². The van der Waals surface area contributed by atoms with Gasteiger partial charge in [0.25, 0.3) is 0 Å².